The van der Waals surface area contributed by atoms with Crippen molar-refractivity contribution in [1.82, 2.24) is 36.8 Å². The highest BCUT2D eigenvalue weighted by molar-refractivity contribution is 7.98. The van der Waals surface area contributed by atoms with E-state index in [1.54, 1.807) is 20.1 Å². The highest BCUT2D eigenvalue weighted by atomic mass is 32.2. The van der Waals surface area contributed by atoms with Gasteiger partial charge in [0.25, 0.3) is 0 Å². The SMILES string of the molecule is CSCC[C@H](NC(=O)[C@H](CC(C)C)NC(=O)[C@H](CCCN=C(N)N)NC(=O)[C@@H]1CCCN1C(=O)[C@H](CC(=O)O)NC(=O)[C@H](CCC(N)=O)NC(=O)[C@@H]1CCCN1)C(=O)O. The minimum atomic E-state index is -1.69. The zero-order valence-corrected chi connectivity index (χ0v) is 34.6. The lowest BCUT2D eigenvalue weighted by atomic mass is 10.0. The number of carbonyl (C=O) groups is 9. The van der Waals surface area contributed by atoms with Crippen molar-refractivity contribution in [3.8, 4) is 0 Å². The van der Waals surface area contributed by atoms with Gasteiger partial charge in [0.2, 0.25) is 41.4 Å². The molecule has 0 radical (unpaired) electrons. The number of carboxylic acids is 2. The molecule has 14 N–H and O–H groups in total. The zero-order chi connectivity index (χ0) is 44.2. The molecule has 23 heteroatoms. The van der Waals surface area contributed by atoms with Crippen LogP contribution in [0.1, 0.15) is 84.5 Å². The van der Waals surface area contributed by atoms with Crippen LogP contribution < -0.4 is 49.1 Å². The lowest BCUT2D eigenvalue weighted by Crippen LogP contribution is -2.59. The molecule has 0 aromatic rings. The van der Waals surface area contributed by atoms with E-state index in [4.69, 9.17) is 17.2 Å². The van der Waals surface area contributed by atoms with Crippen molar-refractivity contribution >= 4 is 71.0 Å². The molecule has 2 aliphatic rings. The lowest BCUT2D eigenvalue weighted by Gasteiger charge is -2.30. The summed E-state index contributed by atoms with van der Waals surface area (Å²) in [5, 5.41) is 35.1. The summed E-state index contributed by atoms with van der Waals surface area (Å²) in [6, 6.07) is -8.49. The second-order valence-corrected chi connectivity index (χ2v) is 15.9. The first-order chi connectivity index (χ1) is 27.8. The molecule has 0 unspecified atom stereocenters. The molecule has 2 rings (SSSR count). The topological polar surface area (TPSA) is 360 Å². The van der Waals surface area contributed by atoms with Crippen LogP contribution in [-0.2, 0) is 43.2 Å². The Balaban J connectivity index is 2.31. The number of hydrogen-bond donors (Lipinski definition) is 11. The molecule has 0 aliphatic carbocycles. The van der Waals surface area contributed by atoms with Crippen LogP contribution in [0.25, 0.3) is 0 Å². The maximum Gasteiger partial charge on any atom is 0.326 e. The van der Waals surface area contributed by atoms with Gasteiger partial charge in [0.15, 0.2) is 5.96 Å². The molecule has 332 valence electrons. The minimum Gasteiger partial charge on any atom is -0.481 e. The van der Waals surface area contributed by atoms with Gasteiger partial charge < -0.3 is 64.2 Å². The van der Waals surface area contributed by atoms with Gasteiger partial charge in [-0.3, -0.25) is 43.3 Å². The van der Waals surface area contributed by atoms with E-state index >= 15 is 0 Å². The van der Waals surface area contributed by atoms with Gasteiger partial charge >= 0.3 is 11.9 Å². The normalized spacial score (nSPS) is 18.7. The number of likely N-dealkylation sites (tertiary alicyclic amines) is 1. The van der Waals surface area contributed by atoms with Crippen LogP contribution in [0.3, 0.4) is 0 Å². The number of primary amides is 1. The summed E-state index contributed by atoms with van der Waals surface area (Å²) < 4.78 is 0. The Labute approximate surface area is 347 Å². The first kappa shape index (κ1) is 50.0. The predicted molar refractivity (Wildman–Crippen MR) is 216 cm³/mol. The summed E-state index contributed by atoms with van der Waals surface area (Å²) >= 11 is 1.40. The second kappa shape index (κ2) is 25.3. The van der Waals surface area contributed by atoms with E-state index in [1.165, 1.54) is 11.8 Å². The van der Waals surface area contributed by atoms with Gasteiger partial charge in [-0.05, 0) is 82.3 Å². The molecular weight excluding hydrogens is 795 g/mol. The number of rotatable bonds is 26. The van der Waals surface area contributed by atoms with E-state index in [2.05, 4.69) is 36.9 Å². The molecule has 0 aromatic heterocycles. The number of nitrogens with two attached hydrogens (primary N) is 3. The summed E-state index contributed by atoms with van der Waals surface area (Å²) in [4.78, 5) is 122. The van der Waals surface area contributed by atoms with Gasteiger partial charge in [-0.2, -0.15) is 11.8 Å². The van der Waals surface area contributed by atoms with Gasteiger partial charge in [-0.1, -0.05) is 13.8 Å². The number of aliphatic imine (C=N–C) groups is 1. The van der Waals surface area contributed by atoms with E-state index in [-0.39, 0.29) is 69.9 Å². The van der Waals surface area contributed by atoms with Crippen LogP contribution >= 0.6 is 11.8 Å². The molecule has 0 aromatic carbocycles. The fraction of sp³-hybridized carbons (Fsp3) is 0.722. The first-order valence-corrected chi connectivity index (χ1v) is 21.1. The van der Waals surface area contributed by atoms with Gasteiger partial charge in [-0.25, -0.2) is 4.79 Å². The maximum absolute atomic E-state index is 14.0. The van der Waals surface area contributed by atoms with Crippen molar-refractivity contribution in [2.75, 3.05) is 31.6 Å². The second-order valence-electron chi connectivity index (χ2n) is 14.9. The van der Waals surface area contributed by atoms with Crippen LogP contribution in [-0.4, -0.2) is 148 Å². The lowest BCUT2D eigenvalue weighted by molar-refractivity contribution is -0.146. The standard InChI is InChI=1S/C36H61N11O11S/c1-19(2)17-24(32(54)44-23(35(57)58)12-16-59-3)45-30(52)21(8-5-14-41-36(38)39)43-33(55)26-9-6-15-47(26)34(56)25(18-28(49)50)46-31(53)22(10-11-27(37)48)42-29(51)20-7-4-13-40-20/h19-26,40H,4-18H2,1-3H3,(H2,37,48)(H,42,51)(H,43,55)(H,44,54)(H,45,52)(H,46,53)(H,49,50)(H,57,58)(H4,38,39,41)/t20-,21-,22-,23-,24-,25-,26-/m0/s1. The van der Waals surface area contributed by atoms with Crippen molar-refractivity contribution in [3.05, 3.63) is 0 Å². The van der Waals surface area contributed by atoms with Crippen molar-refractivity contribution in [3.63, 3.8) is 0 Å². The molecule has 7 amide bonds. The van der Waals surface area contributed by atoms with Crippen LogP contribution in [0.4, 0.5) is 0 Å². The Morgan fingerprint density at radius 3 is 1.95 bits per heavy atom. The summed E-state index contributed by atoms with van der Waals surface area (Å²) in [6.07, 6.45) is 2.48. The monoisotopic (exact) mass is 855 g/mol. The average Bonchev–Trinajstić information content (AvgIpc) is 3.88. The third-order valence-electron chi connectivity index (χ3n) is 9.66. The van der Waals surface area contributed by atoms with Crippen LogP contribution in [0.2, 0.25) is 0 Å². The molecule has 7 atom stereocenters. The Bertz CT molecular complexity index is 1540. The number of carbonyl (C=O) groups excluding carboxylic acids is 7. The van der Waals surface area contributed by atoms with E-state index in [9.17, 15) is 53.4 Å². The smallest absolute Gasteiger partial charge is 0.326 e. The largest absolute Gasteiger partial charge is 0.481 e. The number of aliphatic carboxylic acids is 2. The molecule has 2 aliphatic heterocycles. The summed E-state index contributed by atoms with van der Waals surface area (Å²) in [5.41, 5.74) is 16.2. The van der Waals surface area contributed by atoms with Gasteiger partial charge in [-0.15, -0.1) is 0 Å². The van der Waals surface area contributed by atoms with E-state index in [0.29, 0.717) is 25.1 Å². The molecule has 2 saturated heterocycles. The predicted octanol–water partition coefficient (Wildman–Crippen LogP) is -3.17. The number of carboxylic acid groups (broad SMARTS) is 2. The number of nitrogens with zero attached hydrogens (tertiary/aromatic N) is 2. The van der Waals surface area contributed by atoms with Crippen LogP contribution in [0.15, 0.2) is 4.99 Å². The molecular formula is C36H61N11O11S. The van der Waals surface area contributed by atoms with E-state index < -0.39 is 102 Å². The minimum absolute atomic E-state index is 0.00261. The van der Waals surface area contributed by atoms with Gasteiger partial charge in [0.1, 0.15) is 36.3 Å². The number of amides is 7. The average molecular weight is 856 g/mol. The third-order valence-corrected chi connectivity index (χ3v) is 10.3. The summed E-state index contributed by atoms with van der Waals surface area (Å²) in [7, 11) is 0. The first-order valence-electron chi connectivity index (χ1n) is 19.7. The quantitative estimate of drug-likeness (QED) is 0.0232. The highest BCUT2D eigenvalue weighted by Gasteiger charge is 2.41. The molecule has 2 fully saturated rings. The van der Waals surface area contributed by atoms with Crippen LogP contribution in [0, 0.1) is 5.92 Å². The molecule has 0 spiro atoms. The molecule has 2 heterocycles. The van der Waals surface area contributed by atoms with Crippen LogP contribution in [0.5, 0.6) is 0 Å². The number of thioether (sulfide) groups is 1. The van der Waals surface area contributed by atoms with Crippen molar-refractivity contribution in [2.24, 2.45) is 28.1 Å². The molecule has 22 nitrogen and oxygen atoms in total. The van der Waals surface area contributed by atoms with Gasteiger partial charge in [0.05, 0.1) is 12.5 Å². The number of hydrogen-bond acceptors (Lipinski definition) is 12. The van der Waals surface area contributed by atoms with Crippen molar-refractivity contribution < 1.29 is 53.4 Å². The third kappa shape index (κ3) is 17.7. The summed E-state index contributed by atoms with van der Waals surface area (Å²) in [6.45, 7) is 4.27. The zero-order valence-electron chi connectivity index (χ0n) is 33.8. The van der Waals surface area contributed by atoms with Gasteiger partial charge in [0, 0.05) is 19.5 Å². The highest BCUT2D eigenvalue weighted by Crippen LogP contribution is 2.21. The molecule has 0 saturated carbocycles. The number of nitrogens with one attached hydrogen (secondary N) is 6. The molecule has 0 bridgehead atoms. The van der Waals surface area contributed by atoms with Crippen molar-refractivity contribution in [2.45, 2.75) is 127 Å². The number of guanidine groups is 1. The fourth-order valence-electron chi connectivity index (χ4n) is 6.67. The summed E-state index contributed by atoms with van der Waals surface area (Å²) in [5.74, 6) is -7.94. The Morgan fingerprint density at radius 2 is 1.39 bits per heavy atom. The van der Waals surface area contributed by atoms with E-state index in [0.717, 1.165) is 11.3 Å². The van der Waals surface area contributed by atoms with E-state index in [1.807, 2.05) is 0 Å². The Kier molecular flexibility index (Phi) is 21.4. The maximum atomic E-state index is 14.0. The van der Waals surface area contributed by atoms with Crippen molar-refractivity contribution in [1.29, 1.82) is 0 Å². The fourth-order valence-corrected chi connectivity index (χ4v) is 7.14. The Hall–Kier alpha value is -5.19. The molecule has 59 heavy (non-hydrogen) atoms. The Morgan fingerprint density at radius 1 is 0.780 bits per heavy atom.